The van der Waals surface area contributed by atoms with E-state index >= 15 is 0 Å². The van der Waals surface area contributed by atoms with Crippen molar-refractivity contribution in [1.82, 2.24) is 19.6 Å². The highest BCUT2D eigenvalue weighted by atomic mass is 79.9. The van der Waals surface area contributed by atoms with Gasteiger partial charge < -0.3 is 14.8 Å². The lowest BCUT2D eigenvalue weighted by atomic mass is 10.1. The number of hydrogen-bond donors (Lipinski definition) is 1. The number of amides is 1. The van der Waals surface area contributed by atoms with Crippen molar-refractivity contribution in [2.45, 2.75) is 20.5 Å². The van der Waals surface area contributed by atoms with Crippen LogP contribution < -0.4 is 5.32 Å². The van der Waals surface area contributed by atoms with Gasteiger partial charge in [-0.05, 0) is 54.0 Å². The Morgan fingerprint density at radius 3 is 2.16 bits per heavy atom. The molecule has 162 valence electrons. The quantitative estimate of drug-likeness (QED) is 0.528. The molecule has 0 aliphatic rings. The molecule has 2 heterocycles. The number of methoxy groups -OCH3 is 2. The van der Waals surface area contributed by atoms with Crippen LogP contribution in [-0.4, -0.2) is 51.6 Å². The van der Waals surface area contributed by atoms with Gasteiger partial charge in [0.05, 0.1) is 41.2 Å². The molecule has 0 atom stereocenters. The number of carbonyl (C=O) groups is 3. The molecule has 0 bridgehead atoms. The maximum atomic E-state index is 12.7. The van der Waals surface area contributed by atoms with Gasteiger partial charge in [-0.3, -0.25) is 9.48 Å². The predicted molar refractivity (Wildman–Crippen MR) is 114 cm³/mol. The molecule has 0 aliphatic heterocycles. The summed E-state index contributed by atoms with van der Waals surface area (Å²) in [7, 11) is 2.44. The Balaban J connectivity index is 1.80. The number of ether oxygens (including phenoxy) is 2. The zero-order valence-corrected chi connectivity index (χ0v) is 18.9. The van der Waals surface area contributed by atoms with Gasteiger partial charge >= 0.3 is 11.9 Å². The third-order valence-corrected chi connectivity index (χ3v) is 5.63. The van der Waals surface area contributed by atoms with Crippen LogP contribution in [-0.2, 0) is 16.1 Å². The summed E-state index contributed by atoms with van der Waals surface area (Å²) in [6.45, 7) is 4.14. The van der Waals surface area contributed by atoms with Crippen LogP contribution in [0.4, 0.5) is 5.69 Å². The van der Waals surface area contributed by atoms with Gasteiger partial charge in [0.15, 0.2) is 5.69 Å². The van der Waals surface area contributed by atoms with Crippen LogP contribution in [0.25, 0.3) is 0 Å². The molecular formula is C20H20BrN5O5. The Morgan fingerprint density at radius 2 is 1.65 bits per heavy atom. The summed E-state index contributed by atoms with van der Waals surface area (Å²) < 4.78 is 13.7. The Hall–Kier alpha value is -3.47. The number of aromatic nitrogens is 4. The second-order valence-corrected chi connectivity index (χ2v) is 7.40. The van der Waals surface area contributed by atoms with E-state index in [1.54, 1.807) is 21.6 Å². The molecule has 0 radical (unpaired) electrons. The van der Waals surface area contributed by atoms with Crippen molar-refractivity contribution in [1.29, 1.82) is 0 Å². The lowest BCUT2D eigenvalue weighted by molar-refractivity contribution is 0.0599. The lowest BCUT2D eigenvalue weighted by Crippen LogP contribution is -2.16. The van der Waals surface area contributed by atoms with Crippen LogP contribution in [0.1, 0.15) is 42.6 Å². The van der Waals surface area contributed by atoms with Crippen LogP contribution >= 0.6 is 15.9 Å². The number of esters is 2. The maximum Gasteiger partial charge on any atom is 0.337 e. The normalized spacial score (nSPS) is 10.6. The summed E-state index contributed by atoms with van der Waals surface area (Å²) in [5, 5.41) is 11.3. The fourth-order valence-corrected chi connectivity index (χ4v) is 3.16. The van der Waals surface area contributed by atoms with Crippen molar-refractivity contribution in [2.75, 3.05) is 19.5 Å². The lowest BCUT2D eigenvalue weighted by Gasteiger charge is -2.09. The number of benzene rings is 1. The highest BCUT2D eigenvalue weighted by Gasteiger charge is 2.17. The summed E-state index contributed by atoms with van der Waals surface area (Å²) in [6.07, 6.45) is 1.66. The van der Waals surface area contributed by atoms with Crippen molar-refractivity contribution in [3.05, 3.63) is 63.1 Å². The third-order valence-electron chi connectivity index (χ3n) is 4.48. The largest absolute Gasteiger partial charge is 0.465 e. The Labute approximate surface area is 186 Å². The Morgan fingerprint density at radius 1 is 1.03 bits per heavy atom. The van der Waals surface area contributed by atoms with Gasteiger partial charge in [0.1, 0.15) is 6.67 Å². The topological polar surface area (TPSA) is 117 Å². The van der Waals surface area contributed by atoms with E-state index in [2.05, 4.69) is 31.4 Å². The van der Waals surface area contributed by atoms with E-state index in [1.165, 1.54) is 32.4 Å². The molecule has 0 aliphatic carbocycles. The molecule has 0 saturated heterocycles. The van der Waals surface area contributed by atoms with E-state index in [9.17, 15) is 14.4 Å². The van der Waals surface area contributed by atoms with E-state index in [0.29, 0.717) is 6.67 Å². The number of rotatable bonds is 6. The van der Waals surface area contributed by atoms with Gasteiger partial charge in [-0.25, -0.2) is 14.3 Å². The first-order valence-corrected chi connectivity index (χ1v) is 9.88. The van der Waals surface area contributed by atoms with Crippen LogP contribution in [0.5, 0.6) is 0 Å². The SMILES string of the molecule is COC(=O)c1cc(NC(=O)c2ccn(Cn3nc(C)c(Br)c3C)n2)cc(C(=O)OC)c1. The highest BCUT2D eigenvalue weighted by molar-refractivity contribution is 9.10. The van der Waals surface area contributed by atoms with Crippen LogP contribution in [0, 0.1) is 13.8 Å². The molecule has 2 aromatic heterocycles. The number of nitrogens with one attached hydrogen (secondary N) is 1. The van der Waals surface area contributed by atoms with E-state index < -0.39 is 17.8 Å². The third kappa shape index (κ3) is 4.82. The fourth-order valence-electron chi connectivity index (χ4n) is 2.88. The summed E-state index contributed by atoms with van der Waals surface area (Å²) >= 11 is 3.48. The van der Waals surface area contributed by atoms with E-state index in [0.717, 1.165) is 15.9 Å². The van der Waals surface area contributed by atoms with Gasteiger partial charge in [0, 0.05) is 11.9 Å². The second-order valence-electron chi connectivity index (χ2n) is 6.60. The molecule has 1 amide bonds. The van der Waals surface area contributed by atoms with Gasteiger partial charge in [-0.1, -0.05) is 0 Å². The molecule has 3 rings (SSSR count). The molecule has 31 heavy (non-hydrogen) atoms. The molecular weight excluding hydrogens is 470 g/mol. The van der Waals surface area contributed by atoms with Crippen LogP contribution in [0.3, 0.4) is 0 Å². The first-order chi connectivity index (χ1) is 14.7. The molecule has 10 nitrogen and oxygen atoms in total. The zero-order chi connectivity index (χ0) is 22.7. The molecule has 1 N–H and O–H groups in total. The van der Waals surface area contributed by atoms with Gasteiger partial charge in [-0.2, -0.15) is 10.2 Å². The molecule has 0 unspecified atom stereocenters. The first kappa shape index (κ1) is 22.2. The Kier molecular flexibility index (Phi) is 6.54. The van der Waals surface area contributed by atoms with Crippen molar-refractivity contribution in [2.24, 2.45) is 0 Å². The fraction of sp³-hybridized carbons (Fsp3) is 0.250. The van der Waals surface area contributed by atoms with Crippen molar-refractivity contribution in [3.8, 4) is 0 Å². The minimum Gasteiger partial charge on any atom is -0.465 e. The van der Waals surface area contributed by atoms with Gasteiger partial charge in [0.2, 0.25) is 0 Å². The van der Waals surface area contributed by atoms with Crippen LogP contribution in [0.15, 0.2) is 34.9 Å². The minimum atomic E-state index is -0.651. The van der Waals surface area contributed by atoms with Crippen molar-refractivity contribution < 1.29 is 23.9 Å². The number of aryl methyl sites for hydroxylation is 1. The van der Waals surface area contributed by atoms with Gasteiger partial charge in [-0.15, -0.1) is 0 Å². The summed E-state index contributed by atoms with van der Waals surface area (Å²) in [4.78, 5) is 36.5. The second kappa shape index (κ2) is 9.13. The monoisotopic (exact) mass is 489 g/mol. The summed E-state index contributed by atoms with van der Waals surface area (Å²) in [6, 6.07) is 5.69. The number of hydrogen-bond acceptors (Lipinski definition) is 7. The predicted octanol–water partition coefficient (Wildman–Crippen LogP) is 2.79. The molecule has 0 fully saturated rings. The Bertz CT molecular complexity index is 1130. The molecule has 1 aromatic carbocycles. The minimum absolute atomic E-state index is 0.0985. The van der Waals surface area contributed by atoms with Crippen molar-refractivity contribution >= 4 is 39.5 Å². The summed E-state index contributed by atoms with van der Waals surface area (Å²) in [5.41, 5.74) is 2.38. The van der Waals surface area contributed by atoms with Crippen LogP contribution in [0.2, 0.25) is 0 Å². The highest BCUT2D eigenvalue weighted by Crippen LogP contribution is 2.20. The number of carbonyl (C=O) groups excluding carboxylic acids is 3. The van der Waals surface area contributed by atoms with E-state index in [1.807, 2.05) is 13.8 Å². The standard InChI is InChI=1S/C20H20BrN5O5/c1-11-17(21)12(2)26(23-11)10-25-6-5-16(24-25)18(27)22-15-8-13(19(28)30-3)7-14(9-15)20(29)31-4/h5-9H,10H2,1-4H3,(H,22,27). The van der Waals surface area contributed by atoms with E-state index in [-0.39, 0.29) is 22.5 Å². The average molecular weight is 490 g/mol. The summed E-state index contributed by atoms with van der Waals surface area (Å²) in [5.74, 6) is -1.81. The van der Waals surface area contributed by atoms with Gasteiger partial charge in [0.25, 0.3) is 5.91 Å². The molecule has 3 aromatic rings. The smallest absolute Gasteiger partial charge is 0.337 e. The molecule has 0 spiro atoms. The zero-order valence-electron chi connectivity index (χ0n) is 17.3. The van der Waals surface area contributed by atoms with E-state index in [4.69, 9.17) is 9.47 Å². The number of nitrogens with zero attached hydrogens (tertiary/aromatic N) is 4. The first-order valence-electron chi connectivity index (χ1n) is 9.09. The average Bonchev–Trinajstić information content (AvgIpc) is 3.33. The number of halogens is 1. The van der Waals surface area contributed by atoms with Crippen molar-refractivity contribution in [3.63, 3.8) is 0 Å². The maximum absolute atomic E-state index is 12.7. The number of anilines is 1. The molecule has 0 saturated carbocycles. The molecule has 11 heteroatoms.